The van der Waals surface area contributed by atoms with Gasteiger partial charge in [-0.1, -0.05) is 41.9 Å². The lowest BCUT2D eigenvalue weighted by Crippen LogP contribution is -2.15. The first-order valence-corrected chi connectivity index (χ1v) is 7.52. The van der Waals surface area contributed by atoms with Crippen LogP contribution in [0.1, 0.15) is 5.56 Å². The lowest BCUT2D eigenvalue weighted by atomic mass is 9.99. The van der Waals surface area contributed by atoms with Crippen LogP contribution in [-0.2, 0) is 16.2 Å². The maximum Gasteiger partial charge on any atom is 0.417 e. The molecular formula is C13H9ClF3NO2S. The summed E-state index contributed by atoms with van der Waals surface area (Å²) in [5.41, 5.74) is -1.20. The van der Waals surface area contributed by atoms with Crippen LogP contribution in [0.2, 0.25) is 5.02 Å². The van der Waals surface area contributed by atoms with E-state index in [-0.39, 0.29) is 16.1 Å². The zero-order chi connectivity index (χ0) is 15.8. The Labute approximate surface area is 124 Å². The molecule has 0 saturated carbocycles. The standard InChI is InChI=1S/C13H9ClF3NO2S/c14-11-7-9(21(18,19)20)6-10(13(15,16)17)12(11)8-4-2-1-3-5-8/h1-7H,(H2,18,19,20). The molecule has 2 N–H and O–H groups in total. The summed E-state index contributed by atoms with van der Waals surface area (Å²) in [5.74, 6) is 0. The van der Waals surface area contributed by atoms with Gasteiger partial charge in [-0.3, -0.25) is 0 Å². The molecule has 0 spiro atoms. The van der Waals surface area contributed by atoms with Gasteiger partial charge in [-0.05, 0) is 17.7 Å². The second-order valence-corrected chi connectivity index (χ2v) is 6.21. The Morgan fingerprint density at radius 3 is 2.10 bits per heavy atom. The van der Waals surface area contributed by atoms with Crippen LogP contribution in [0.25, 0.3) is 11.1 Å². The predicted octanol–water partition coefficient (Wildman–Crippen LogP) is 3.67. The number of primary sulfonamides is 1. The van der Waals surface area contributed by atoms with Crippen molar-refractivity contribution < 1.29 is 21.6 Å². The number of benzene rings is 2. The lowest BCUT2D eigenvalue weighted by molar-refractivity contribution is -0.137. The highest BCUT2D eigenvalue weighted by molar-refractivity contribution is 7.89. The fourth-order valence-corrected chi connectivity index (χ4v) is 2.83. The van der Waals surface area contributed by atoms with Gasteiger partial charge in [0.05, 0.1) is 15.5 Å². The molecule has 0 aliphatic carbocycles. The van der Waals surface area contributed by atoms with Crippen LogP contribution in [0.3, 0.4) is 0 Å². The van der Waals surface area contributed by atoms with E-state index >= 15 is 0 Å². The second-order valence-electron chi connectivity index (χ2n) is 4.24. The van der Waals surface area contributed by atoms with Gasteiger partial charge >= 0.3 is 6.18 Å². The van der Waals surface area contributed by atoms with Crippen molar-refractivity contribution >= 4 is 21.6 Å². The van der Waals surface area contributed by atoms with Crippen LogP contribution in [0, 0.1) is 0 Å². The van der Waals surface area contributed by atoms with Crippen molar-refractivity contribution in [1.82, 2.24) is 0 Å². The summed E-state index contributed by atoms with van der Waals surface area (Å²) in [6, 6.07) is 9.06. The van der Waals surface area contributed by atoms with E-state index in [1.165, 1.54) is 12.1 Å². The Hall–Kier alpha value is -1.57. The third kappa shape index (κ3) is 3.37. The van der Waals surface area contributed by atoms with Gasteiger partial charge in [0.15, 0.2) is 0 Å². The zero-order valence-electron chi connectivity index (χ0n) is 10.4. The Morgan fingerprint density at radius 2 is 1.62 bits per heavy atom. The van der Waals surface area contributed by atoms with Crippen LogP contribution in [-0.4, -0.2) is 8.42 Å². The molecule has 0 aliphatic heterocycles. The molecule has 0 bridgehead atoms. The summed E-state index contributed by atoms with van der Waals surface area (Å²) in [6.07, 6.45) is -4.77. The molecule has 0 heterocycles. The average Bonchev–Trinajstić information content (AvgIpc) is 2.36. The number of alkyl halides is 3. The maximum absolute atomic E-state index is 13.2. The molecular weight excluding hydrogens is 327 g/mol. The number of hydrogen-bond donors (Lipinski definition) is 1. The average molecular weight is 336 g/mol. The summed E-state index contributed by atoms with van der Waals surface area (Å²) >= 11 is 5.86. The molecule has 2 aromatic rings. The van der Waals surface area contributed by atoms with Crippen LogP contribution >= 0.6 is 11.6 Å². The SMILES string of the molecule is NS(=O)(=O)c1cc(Cl)c(-c2ccccc2)c(C(F)(F)F)c1. The van der Waals surface area contributed by atoms with Gasteiger partial charge in [-0.25, -0.2) is 13.6 Å². The van der Waals surface area contributed by atoms with Gasteiger partial charge < -0.3 is 0 Å². The fourth-order valence-electron chi connectivity index (χ4n) is 1.87. The summed E-state index contributed by atoms with van der Waals surface area (Å²) < 4.78 is 62.1. The van der Waals surface area contributed by atoms with Gasteiger partial charge in [0.25, 0.3) is 0 Å². The van der Waals surface area contributed by atoms with E-state index in [0.29, 0.717) is 6.07 Å². The first kappa shape index (κ1) is 15.8. The topological polar surface area (TPSA) is 60.2 Å². The van der Waals surface area contributed by atoms with Crippen LogP contribution in [0.5, 0.6) is 0 Å². The van der Waals surface area contributed by atoms with Crippen molar-refractivity contribution in [3.8, 4) is 11.1 Å². The predicted molar refractivity (Wildman–Crippen MR) is 73.3 cm³/mol. The van der Waals surface area contributed by atoms with Crippen molar-refractivity contribution in [2.24, 2.45) is 5.14 Å². The molecule has 0 radical (unpaired) electrons. The first-order valence-electron chi connectivity index (χ1n) is 5.59. The monoisotopic (exact) mass is 335 g/mol. The van der Waals surface area contributed by atoms with E-state index in [2.05, 4.69) is 0 Å². The van der Waals surface area contributed by atoms with Crippen molar-refractivity contribution in [3.05, 3.63) is 53.1 Å². The Morgan fingerprint density at radius 1 is 1.05 bits per heavy atom. The molecule has 0 unspecified atom stereocenters. The van der Waals surface area contributed by atoms with Gasteiger partial charge in [-0.15, -0.1) is 0 Å². The number of nitrogens with two attached hydrogens (primary N) is 1. The van der Waals surface area contributed by atoms with E-state index in [9.17, 15) is 21.6 Å². The lowest BCUT2D eigenvalue weighted by Gasteiger charge is -2.16. The van der Waals surface area contributed by atoms with E-state index < -0.39 is 26.7 Å². The Bertz CT molecular complexity index is 774. The normalized spacial score (nSPS) is 12.4. The highest BCUT2D eigenvalue weighted by Gasteiger charge is 2.36. The van der Waals surface area contributed by atoms with E-state index in [4.69, 9.17) is 16.7 Å². The van der Waals surface area contributed by atoms with Crippen LogP contribution in [0.15, 0.2) is 47.4 Å². The molecule has 112 valence electrons. The quantitative estimate of drug-likeness (QED) is 0.910. The minimum absolute atomic E-state index is 0.232. The number of sulfonamides is 1. The third-order valence-corrected chi connectivity index (χ3v) is 3.95. The number of hydrogen-bond acceptors (Lipinski definition) is 2. The Kier molecular flexibility index (Phi) is 4.01. The van der Waals surface area contributed by atoms with Gasteiger partial charge in [-0.2, -0.15) is 13.2 Å². The molecule has 0 amide bonds. The molecule has 0 aliphatic rings. The molecule has 0 saturated heterocycles. The van der Waals surface area contributed by atoms with Crippen LogP contribution in [0.4, 0.5) is 13.2 Å². The zero-order valence-corrected chi connectivity index (χ0v) is 11.9. The maximum atomic E-state index is 13.2. The van der Waals surface area contributed by atoms with Gasteiger partial charge in [0.1, 0.15) is 0 Å². The second kappa shape index (κ2) is 5.32. The highest BCUT2D eigenvalue weighted by atomic mass is 35.5. The summed E-state index contributed by atoms with van der Waals surface area (Å²) in [4.78, 5) is -0.681. The summed E-state index contributed by atoms with van der Waals surface area (Å²) in [7, 11) is -4.29. The first-order chi connectivity index (χ1) is 9.60. The van der Waals surface area contributed by atoms with Crippen LogP contribution < -0.4 is 5.14 Å². The molecule has 21 heavy (non-hydrogen) atoms. The number of halogens is 4. The van der Waals surface area contributed by atoms with Crippen molar-refractivity contribution in [1.29, 1.82) is 0 Å². The molecule has 0 aromatic heterocycles. The third-order valence-electron chi connectivity index (χ3n) is 2.76. The highest BCUT2D eigenvalue weighted by Crippen LogP contribution is 2.42. The molecule has 2 rings (SSSR count). The summed E-state index contributed by atoms with van der Waals surface area (Å²) in [6.45, 7) is 0. The van der Waals surface area contributed by atoms with Crippen molar-refractivity contribution in [2.75, 3.05) is 0 Å². The number of rotatable bonds is 2. The van der Waals surface area contributed by atoms with Gasteiger partial charge in [0, 0.05) is 5.56 Å². The molecule has 3 nitrogen and oxygen atoms in total. The summed E-state index contributed by atoms with van der Waals surface area (Å²) in [5, 5.41) is 4.54. The molecule has 0 atom stereocenters. The minimum Gasteiger partial charge on any atom is -0.225 e. The minimum atomic E-state index is -4.77. The van der Waals surface area contributed by atoms with E-state index in [1.54, 1.807) is 18.2 Å². The largest absolute Gasteiger partial charge is 0.417 e. The molecule has 8 heteroatoms. The van der Waals surface area contributed by atoms with E-state index in [0.717, 1.165) is 6.07 Å². The fraction of sp³-hybridized carbons (Fsp3) is 0.0769. The van der Waals surface area contributed by atoms with Crippen molar-refractivity contribution in [2.45, 2.75) is 11.1 Å². The smallest absolute Gasteiger partial charge is 0.225 e. The van der Waals surface area contributed by atoms with Crippen molar-refractivity contribution in [3.63, 3.8) is 0 Å². The van der Waals surface area contributed by atoms with Gasteiger partial charge in [0.2, 0.25) is 10.0 Å². The molecule has 0 fully saturated rings. The van der Waals surface area contributed by atoms with E-state index in [1.807, 2.05) is 0 Å². The Balaban J connectivity index is 2.83. The molecule has 2 aromatic carbocycles.